The maximum atomic E-state index is 6.47. The Labute approximate surface area is 340 Å². The monoisotopic (exact) mass is 762 g/mol. The number of benzene rings is 7. The van der Waals surface area contributed by atoms with Gasteiger partial charge in [0, 0.05) is 71.4 Å². The molecule has 2 atom stereocenters. The molecule has 10 aromatic rings. The van der Waals surface area contributed by atoms with Crippen molar-refractivity contribution in [3.63, 3.8) is 0 Å². The van der Waals surface area contributed by atoms with Gasteiger partial charge in [-0.2, -0.15) is 0 Å². The second-order valence-corrected chi connectivity index (χ2v) is 16.6. The Bertz CT molecular complexity index is 3370. The molecule has 0 saturated carbocycles. The molecule has 0 fully saturated rings. The van der Waals surface area contributed by atoms with Crippen molar-refractivity contribution in [3.8, 4) is 11.1 Å². The van der Waals surface area contributed by atoms with E-state index >= 15 is 0 Å². The first-order chi connectivity index (χ1) is 28.7. The highest BCUT2D eigenvalue weighted by molar-refractivity contribution is 7.26. The maximum Gasteiger partial charge on any atom is 0.137 e. The smallest absolute Gasteiger partial charge is 0.137 e. The molecular formula is C54H38N2OS. The zero-order valence-electron chi connectivity index (χ0n) is 31.8. The lowest BCUT2D eigenvalue weighted by atomic mass is 9.90. The number of hydrogen-bond donors (Lipinski definition) is 0. The lowest BCUT2D eigenvalue weighted by Crippen LogP contribution is -2.17. The van der Waals surface area contributed by atoms with Crippen LogP contribution in [0.1, 0.15) is 30.4 Å². The van der Waals surface area contributed by atoms with Gasteiger partial charge in [0.1, 0.15) is 11.2 Å². The minimum atomic E-state index is 0.262. The molecule has 58 heavy (non-hydrogen) atoms. The highest BCUT2D eigenvalue weighted by atomic mass is 32.1. The Morgan fingerprint density at radius 3 is 2.26 bits per heavy atom. The Morgan fingerprint density at radius 2 is 1.38 bits per heavy atom. The Hall–Kier alpha value is -6.88. The summed E-state index contributed by atoms with van der Waals surface area (Å²) in [7, 11) is 0. The van der Waals surface area contributed by atoms with E-state index in [0.29, 0.717) is 6.04 Å². The average Bonchev–Trinajstić information content (AvgIpc) is 3.96. The second kappa shape index (κ2) is 13.4. The molecule has 12 rings (SSSR count). The van der Waals surface area contributed by atoms with Crippen molar-refractivity contribution in [2.75, 3.05) is 4.90 Å². The van der Waals surface area contributed by atoms with Crippen LogP contribution in [-0.4, -0.2) is 4.57 Å². The number of allylic oxidation sites excluding steroid dienone is 7. The lowest BCUT2D eigenvalue weighted by molar-refractivity contribution is 0.647. The first-order valence-corrected chi connectivity index (χ1v) is 21.0. The number of anilines is 2. The van der Waals surface area contributed by atoms with Crippen molar-refractivity contribution < 1.29 is 4.42 Å². The number of aromatic nitrogens is 1. The predicted molar refractivity (Wildman–Crippen MR) is 247 cm³/mol. The SMILES string of the molecule is C1=CCC(n2c3ccccc3c3ccc(C4C=CC(N(c5ccc6c(c5)oc5ccccc56)c5cccc6c5sc5ccc(-c7ccccc7)cc56)=CC4)cc32)C=C1. The van der Waals surface area contributed by atoms with Gasteiger partial charge in [-0.25, -0.2) is 0 Å². The van der Waals surface area contributed by atoms with Crippen LogP contribution in [0.2, 0.25) is 0 Å². The van der Waals surface area contributed by atoms with Crippen molar-refractivity contribution in [1.29, 1.82) is 0 Å². The summed E-state index contributed by atoms with van der Waals surface area (Å²) in [5, 5.41) is 7.47. The summed E-state index contributed by atoms with van der Waals surface area (Å²) in [5.41, 5.74) is 11.6. The first kappa shape index (κ1) is 33.3. The third-order valence-electron chi connectivity index (χ3n) is 12.2. The molecular weight excluding hydrogens is 725 g/mol. The minimum Gasteiger partial charge on any atom is -0.456 e. The summed E-state index contributed by atoms with van der Waals surface area (Å²) >= 11 is 1.87. The first-order valence-electron chi connectivity index (χ1n) is 20.2. The van der Waals surface area contributed by atoms with Crippen molar-refractivity contribution >= 4 is 86.6 Å². The third-order valence-corrected chi connectivity index (χ3v) is 13.4. The van der Waals surface area contributed by atoms with Gasteiger partial charge in [0.15, 0.2) is 0 Å². The molecule has 2 unspecified atom stereocenters. The molecule has 0 amide bonds. The zero-order chi connectivity index (χ0) is 38.2. The number of thiophene rings is 1. The van der Waals surface area contributed by atoms with Gasteiger partial charge in [0.25, 0.3) is 0 Å². The van der Waals surface area contributed by atoms with Crippen LogP contribution < -0.4 is 4.90 Å². The van der Waals surface area contributed by atoms with E-state index in [1.54, 1.807) is 0 Å². The Morgan fingerprint density at radius 1 is 0.569 bits per heavy atom. The average molecular weight is 763 g/mol. The van der Waals surface area contributed by atoms with Gasteiger partial charge in [-0.15, -0.1) is 11.3 Å². The number of para-hydroxylation sites is 2. The summed E-state index contributed by atoms with van der Waals surface area (Å²) in [6.45, 7) is 0. The third kappa shape index (κ3) is 5.33. The van der Waals surface area contributed by atoms with E-state index in [1.807, 2.05) is 17.4 Å². The Balaban J connectivity index is 0.973. The molecule has 2 aliphatic rings. The summed E-state index contributed by atoms with van der Waals surface area (Å²) in [6, 6.07) is 55.7. The fourth-order valence-corrected chi connectivity index (χ4v) is 10.6. The van der Waals surface area contributed by atoms with E-state index < -0.39 is 0 Å². The Kier molecular flexibility index (Phi) is 7.67. The normalized spacial score (nSPS) is 16.7. The molecule has 276 valence electrons. The molecule has 3 heterocycles. The fraction of sp³-hybridized carbons (Fsp3) is 0.0741. The minimum absolute atomic E-state index is 0.262. The van der Waals surface area contributed by atoms with Gasteiger partial charge in [-0.3, -0.25) is 0 Å². The summed E-state index contributed by atoms with van der Waals surface area (Å²) < 4.78 is 11.6. The van der Waals surface area contributed by atoms with Crippen molar-refractivity contribution in [2.24, 2.45) is 0 Å². The molecule has 7 aromatic carbocycles. The summed E-state index contributed by atoms with van der Waals surface area (Å²) in [6.07, 6.45) is 18.1. The number of rotatable bonds is 6. The van der Waals surface area contributed by atoms with Crippen LogP contribution in [0.15, 0.2) is 204 Å². The van der Waals surface area contributed by atoms with Crippen LogP contribution in [0.3, 0.4) is 0 Å². The second-order valence-electron chi connectivity index (χ2n) is 15.6. The van der Waals surface area contributed by atoms with Crippen molar-refractivity contribution in [2.45, 2.75) is 24.8 Å². The van der Waals surface area contributed by atoms with Gasteiger partial charge < -0.3 is 13.9 Å². The van der Waals surface area contributed by atoms with Crippen LogP contribution >= 0.6 is 11.3 Å². The quantitative estimate of drug-likeness (QED) is 0.168. The van der Waals surface area contributed by atoms with E-state index in [9.17, 15) is 0 Å². The highest BCUT2D eigenvalue weighted by Crippen LogP contribution is 2.46. The number of furan rings is 1. The molecule has 0 saturated heterocycles. The van der Waals surface area contributed by atoms with Gasteiger partial charge in [0.05, 0.1) is 16.4 Å². The lowest BCUT2D eigenvalue weighted by Gasteiger charge is -2.29. The van der Waals surface area contributed by atoms with Gasteiger partial charge in [-0.05, 0) is 84.1 Å². The molecule has 0 radical (unpaired) electrons. The zero-order valence-corrected chi connectivity index (χ0v) is 32.6. The molecule has 0 N–H and O–H groups in total. The molecule has 2 aliphatic carbocycles. The number of nitrogens with zero attached hydrogens (tertiary/aromatic N) is 2. The number of hydrogen-bond acceptors (Lipinski definition) is 3. The van der Waals surface area contributed by atoms with E-state index in [1.165, 1.54) is 64.4 Å². The number of fused-ring (bicyclic) bond motifs is 9. The summed E-state index contributed by atoms with van der Waals surface area (Å²) in [4.78, 5) is 2.44. The van der Waals surface area contributed by atoms with E-state index in [0.717, 1.165) is 46.2 Å². The van der Waals surface area contributed by atoms with E-state index in [4.69, 9.17) is 4.42 Å². The van der Waals surface area contributed by atoms with Crippen LogP contribution in [0.5, 0.6) is 0 Å². The van der Waals surface area contributed by atoms with Crippen LogP contribution in [-0.2, 0) is 0 Å². The van der Waals surface area contributed by atoms with Crippen LogP contribution in [0.25, 0.3) is 75.0 Å². The van der Waals surface area contributed by atoms with Gasteiger partial charge in [0.2, 0.25) is 0 Å². The largest absolute Gasteiger partial charge is 0.456 e. The molecule has 0 aliphatic heterocycles. The van der Waals surface area contributed by atoms with Crippen molar-refractivity contribution in [3.05, 3.63) is 205 Å². The molecule has 3 aromatic heterocycles. The van der Waals surface area contributed by atoms with Gasteiger partial charge >= 0.3 is 0 Å². The topological polar surface area (TPSA) is 21.3 Å². The molecule has 3 nitrogen and oxygen atoms in total. The highest BCUT2D eigenvalue weighted by Gasteiger charge is 2.24. The summed E-state index contributed by atoms with van der Waals surface area (Å²) in [5.74, 6) is 0.262. The van der Waals surface area contributed by atoms with E-state index in [2.05, 4.69) is 198 Å². The van der Waals surface area contributed by atoms with Crippen molar-refractivity contribution in [1.82, 2.24) is 4.57 Å². The van der Waals surface area contributed by atoms with Crippen LogP contribution in [0, 0.1) is 0 Å². The molecule has 0 spiro atoms. The molecule has 0 bridgehead atoms. The standard InChI is InChI=1S/C54H38N2OS/c1-3-12-35(13-4-1)37-25-31-53-47(32-37)46-18-11-20-49(54(46)58-53)55(41-28-30-45-44-17-8-10-21-51(44)57-52(45)34-41)40-26-22-36(23-27-40)38-24-29-43-42-16-7-9-19-48(42)56(50(43)33-38)39-14-5-2-6-15-39/h1-14,16-22,24-34,36,39H,15,23H2. The van der Waals surface area contributed by atoms with Gasteiger partial charge in [-0.1, -0.05) is 134 Å². The predicted octanol–water partition coefficient (Wildman–Crippen LogP) is 15.6. The fourth-order valence-electron chi connectivity index (χ4n) is 9.44. The maximum absolute atomic E-state index is 6.47. The van der Waals surface area contributed by atoms with E-state index in [-0.39, 0.29) is 5.92 Å². The van der Waals surface area contributed by atoms with Crippen LogP contribution in [0.4, 0.5) is 11.4 Å². The molecule has 4 heteroatoms.